The van der Waals surface area contributed by atoms with Crippen molar-refractivity contribution in [2.75, 3.05) is 0 Å². The Morgan fingerprint density at radius 3 is 1.83 bits per heavy atom. The van der Waals surface area contributed by atoms with E-state index in [4.69, 9.17) is 23.2 Å². The molecule has 0 fully saturated rings. The molecule has 0 radical (unpaired) electrons. The molecule has 1 aromatic heterocycles. The summed E-state index contributed by atoms with van der Waals surface area (Å²) < 4.78 is 13.0. The zero-order chi connectivity index (χ0) is 16.2. The van der Waals surface area contributed by atoms with E-state index in [1.54, 1.807) is 11.3 Å². The van der Waals surface area contributed by atoms with Gasteiger partial charge < -0.3 is 0 Å². The van der Waals surface area contributed by atoms with Crippen molar-refractivity contribution in [3.8, 4) is 0 Å². The zero-order valence-corrected chi connectivity index (χ0v) is 15.3. The first-order valence-corrected chi connectivity index (χ1v) is 10.1. The van der Waals surface area contributed by atoms with Crippen molar-refractivity contribution in [3.05, 3.63) is 92.1 Å². The molecule has 118 valence electrons. The number of hydrogen-bond acceptors (Lipinski definition) is 2. The van der Waals surface area contributed by atoms with Crippen LogP contribution in [0.5, 0.6) is 0 Å². The van der Waals surface area contributed by atoms with Gasteiger partial charge in [-0.2, -0.15) is 0 Å². The van der Waals surface area contributed by atoms with Gasteiger partial charge in [-0.1, -0.05) is 53.5 Å². The largest absolute Gasteiger partial charge is 0.258 e. The molecular weight excluding hydrogens is 367 g/mol. The normalized spacial score (nSPS) is 12.5. The maximum absolute atomic E-state index is 13.0. The van der Waals surface area contributed by atoms with E-state index in [1.807, 2.05) is 66.0 Å². The molecule has 1 nitrogen and oxygen atoms in total. The van der Waals surface area contributed by atoms with Gasteiger partial charge in [-0.3, -0.25) is 4.21 Å². The van der Waals surface area contributed by atoms with E-state index in [-0.39, 0.29) is 5.25 Å². The van der Waals surface area contributed by atoms with Crippen molar-refractivity contribution in [1.82, 2.24) is 0 Å². The molecule has 0 amide bonds. The Labute approximate surface area is 152 Å². The minimum Gasteiger partial charge on any atom is -0.258 e. The van der Waals surface area contributed by atoms with E-state index in [1.165, 1.54) is 0 Å². The van der Waals surface area contributed by atoms with Crippen molar-refractivity contribution in [1.29, 1.82) is 0 Å². The highest BCUT2D eigenvalue weighted by Crippen LogP contribution is 2.32. The Morgan fingerprint density at radius 1 is 0.870 bits per heavy atom. The lowest BCUT2D eigenvalue weighted by Gasteiger charge is -2.18. The van der Waals surface area contributed by atoms with Crippen molar-refractivity contribution < 1.29 is 4.21 Å². The quantitative estimate of drug-likeness (QED) is 0.522. The van der Waals surface area contributed by atoms with Crippen LogP contribution in [0, 0.1) is 0 Å². The Kier molecular flexibility index (Phi) is 5.54. The van der Waals surface area contributed by atoms with Crippen LogP contribution in [0.4, 0.5) is 0 Å². The third-order valence-electron chi connectivity index (χ3n) is 3.47. The van der Waals surface area contributed by atoms with Gasteiger partial charge >= 0.3 is 0 Å². The van der Waals surface area contributed by atoms with Gasteiger partial charge in [0.05, 0.1) is 11.0 Å². The van der Waals surface area contributed by atoms with E-state index >= 15 is 0 Å². The average Bonchev–Trinajstić information content (AvgIpc) is 3.04. The lowest BCUT2D eigenvalue weighted by Crippen LogP contribution is -2.10. The summed E-state index contributed by atoms with van der Waals surface area (Å²) in [6.07, 6.45) is 0. The summed E-state index contributed by atoms with van der Waals surface area (Å²) in [5.74, 6) is 0.535. The molecule has 0 saturated heterocycles. The van der Waals surface area contributed by atoms with E-state index in [0.29, 0.717) is 15.8 Å². The Morgan fingerprint density at radius 2 is 1.39 bits per heavy atom. The molecule has 0 spiro atoms. The summed E-state index contributed by atoms with van der Waals surface area (Å²) >= 11 is 13.6. The molecule has 23 heavy (non-hydrogen) atoms. The number of rotatable bonds is 5. The number of thiophene rings is 1. The SMILES string of the molecule is O=S(Cc1cccs1)C(c1ccc(Cl)cc1)c1ccc(Cl)cc1. The predicted octanol–water partition coefficient (Wildman–Crippen LogP) is 6.09. The smallest absolute Gasteiger partial charge is 0.0850 e. The third kappa shape index (κ3) is 4.24. The highest BCUT2D eigenvalue weighted by Gasteiger charge is 2.22. The number of halogens is 2. The fraction of sp³-hybridized carbons (Fsp3) is 0.111. The molecule has 5 heteroatoms. The second kappa shape index (κ2) is 7.63. The van der Waals surface area contributed by atoms with Crippen molar-refractivity contribution in [2.24, 2.45) is 0 Å². The molecule has 1 unspecified atom stereocenters. The van der Waals surface area contributed by atoms with E-state index in [2.05, 4.69) is 0 Å². The molecule has 2 aromatic carbocycles. The first-order chi connectivity index (χ1) is 11.1. The minimum absolute atomic E-state index is 0.202. The molecule has 3 aromatic rings. The first-order valence-electron chi connectivity index (χ1n) is 7.04. The molecule has 0 aliphatic rings. The molecule has 0 N–H and O–H groups in total. The Bertz CT molecular complexity index is 735. The van der Waals surface area contributed by atoms with Crippen LogP contribution >= 0.6 is 34.5 Å². The monoisotopic (exact) mass is 380 g/mol. The van der Waals surface area contributed by atoms with Crippen LogP contribution in [0.25, 0.3) is 0 Å². The average molecular weight is 381 g/mol. The van der Waals surface area contributed by atoms with Gasteiger partial charge in [-0.15, -0.1) is 11.3 Å². The van der Waals surface area contributed by atoms with Gasteiger partial charge in [0, 0.05) is 25.7 Å². The minimum atomic E-state index is -1.08. The van der Waals surface area contributed by atoms with Crippen LogP contribution in [-0.2, 0) is 16.6 Å². The lowest BCUT2D eigenvalue weighted by atomic mass is 10.0. The Hall–Kier alpha value is -1.13. The highest BCUT2D eigenvalue weighted by molar-refractivity contribution is 7.84. The standard InChI is InChI=1S/C18H14Cl2OS2/c19-15-7-3-13(4-8-15)18(14-5-9-16(20)10-6-14)23(21)12-17-2-1-11-22-17/h1-11,18H,12H2. The first kappa shape index (κ1) is 16.7. The highest BCUT2D eigenvalue weighted by atomic mass is 35.5. The fourth-order valence-electron chi connectivity index (χ4n) is 2.39. The fourth-order valence-corrected chi connectivity index (χ4v) is 5.22. The molecule has 1 heterocycles. The Balaban J connectivity index is 1.97. The van der Waals surface area contributed by atoms with Gasteiger partial charge in [-0.25, -0.2) is 0 Å². The van der Waals surface area contributed by atoms with E-state index in [0.717, 1.165) is 16.0 Å². The second-order valence-corrected chi connectivity index (χ2v) is 8.51. The molecule has 0 aliphatic heterocycles. The molecule has 0 saturated carbocycles. The van der Waals surface area contributed by atoms with Gasteiger partial charge in [0.1, 0.15) is 0 Å². The number of benzene rings is 2. The lowest BCUT2D eigenvalue weighted by molar-refractivity contribution is 0.678. The van der Waals surface area contributed by atoms with Crippen LogP contribution in [0.3, 0.4) is 0 Å². The molecular formula is C18H14Cl2OS2. The number of hydrogen-bond donors (Lipinski definition) is 0. The van der Waals surface area contributed by atoms with E-state index < -0.39 is 10.8 Å². The summed E-state index contributed by atoms with van der Waals surface area (Å²) in [7, 11) is -1.08. The zero-order valence-electron chi connectivity index (χ0n) is 12.1. The van der Waals surface area contributed by atoms with Crippen molar-refractivity contribution in [2.45, 2.75) is 11.0 Å². The second-order valence-electron chi connectivity index (χ2n) is 5.09. The maximum atomic E-state index is 13.0. The molecule has 1 atom stereocenters. The van der Waals surface area contributed by atoms with Crippen molar-refractivity contribution >= 4 is 45.3 Å². The summed E-state index contributed by atoms with van der Waals surface area (Å²) in [6, 6.07) is 19.1. The summed E-state index contributed by atoms with van der Waals surface area (Å²) in [5, 5.41) is 3.15. The summed E-state index contributed by atoms with van der Waals surface area (Å²) in [6.45, 7) is 0. The molecule has 3 rings (SSSR count). The predicted molar refractivity (Wildman–Crippen MR) is 101 cm³/mol. The van der Waals surface area contributed by atoms with Crippen LogP contribution in [0.15, 0.2) is 66.0 Å². The van der Waals surface area contributed by atoms with Crippen molar-refractivity contribution in [3.63, 3.8) is 0 Å². The van der Waals surface area contributed by atoms with Gasteiger partial charge in [0.2, 0.25) is 0 Å². The van der Waals surface area contributed by atoms with Crippen LogP contribution in [0.2, 0.25) is 10.0 Å². The summed E-state index contributed by atoms with van der Waals surface area (Å²) in [5.41, 5.74) is 1.98. The van der Waals surface area contributed by atoms with Crippen LogP contribution < -0.4 is 0 Å². The topological polar surface area (TPSA) is 17.1 Å². The van der Waals surface area contributed by atoms with E-state index in [9.17, 15) is 4.21 Å². The van der Waals surface area contributed by atoms with Gasteiger partial charge in [-0.05, 0) is 46.8 Å². The van der Waals surface area contributed by atoms with Crippen LogP contribution in [-0.4, -0.2) is 4.21 Å². The van der Waals surface area contributed by atoms with Gasteiger partial charge in [0.25, 0.3) is 0 Å². The van der Waals surface area contributed by atoms with Gasteiger partial charge in [0.15, 0.2) is 0 Å². The summed E-state index contributed by atoms with van der Waals surface area (Å²) in [4.78, 5) is 1.12. The molecule has 0 aliphatic carbocycles. The van der Waals surface area contributed by atoms with Crippen LogP contribution in [0.1, 0.15) is 21.3 Å². The third-order valence-corrected chi connectivity index (χ3v) is 6.70. The maximum Gasteiger partial charge on any atom is 0.0850 e. The molecule has 0 bridgehead atoms.